The smallest absolute Gasteiger partial charge is 0.355 e. The SMILES string of the molecule is CCCCCOC(=O)c1[nH]c2c(c1C)C(=O)C[C@@H](c1ccc(Cl)cc1)C2. The maximum atomic E-state index is 12.7. The van der Waals surface area contributed by atoms with E-state index in [1.54, 1.807) is 0 Å². The van der Waals surface area contributed by atoms with E-state index in [2.05, 4.69) is 11.9 Å². The largest absolute Gasteiger partial charge is 0.461 e. The van der Waals surface area contributed by atoms with Gasteiger partial charge >= 0.3 is 5.97 Å². The van der Waals surface area contributed by atoms with Crippen LogP contribution in [-0.2, 0) is 11.2 Å². The average Bonchev–Trinajstić information content (AvgIpc) is 2.96. The lowest BCUT2D eigenvalue weighted by atomic mass is 9.81. The summed E-state index contributed by atoms with van der Waals surface area (Å²) in [5.74, 6) is -0.201. The predicted molar refractivity (Wildman–Crippen MR) is 102 cm³/mol. The number of halogens is 1. The molecule has 3 rings (SSSR count). The number of nitrogens with one attached hydrogen (secondary N) is 1. The predicted octanol–water partition coefficient (Wildman–Crippen LogP) is 5.24. The van der Waals surface area contributed by atoms with E-state index in [4.69, 9.17) is 16.3 Å². The van der Waals surface area contributed by atoms with Crippen molar-refractivity contribution in [3.8, 4) is 0 Å². The number of carbonyl (C=O) groups excluding carboxylic acids is 2. The second-order valence-electron chi connectivity index (χ2n) is 6.90. The number of hydrogen-bond donors (Lipinski definition) is 1. The lowest BCUT2D eigenvalue weighted by Gasteiger charge is -2.22. The van der Waals surface area contributed by atoms with Gasteiger partial charge in [0, 0.05) is 22.7 Å². The number of H-pyrrole nitrogens is 1. The van der Waals surface area contributed by atoms with E-state index in [0.717, 1.165) is 30.5 Å². The summed E-state index contributed by atoms with van der Waals surface area (Å²) in [6.07, 6.45) is 4.12. The number of Topliss-reactive ketones (excluding diaryl/α,β-unsaturated/α-hetero) is 1. The third-order valence-corrected chi connectivity index (χ3v) is 5.27. The number of benzene rings is 1. The summed E-state index contributed by atoms with van der Waals surface area (Å²) < 4.78 is 5.35. The van der Waals surface area contributed by atoms with Gasteiger partial charge in [-0.3, -0.25) is 4.79 Å². The minimum atomic E-state index is -0.371. The molecule has 0 fully saturated rings. The van der Waals surface area contributed by atoms with Gasteiger partial charge in [-0.15, -0.1) is 0 Å². The zero-order valence-corrected chi connectivity index (χ0v) is 16.0. The van der Waals surface area contributed by atoms with Crippen LogP contribution >= 0.6 is 11.6 Å². The summed E-state index contributed by atoms with van der Waals surface area (Å²) >= 11 is 5.96. The number of carbonyl (C=O) groups is 2. The zero-order chi connectivity index (χ0) is 18.7. The van der Waals surface area contributed by atoms with Gasteiger partial charge < -0.3 is 9.72 Å². The fourth-order valence-electron chi connectivity index (χ4n) is 3.60. The summed E-state index contributed by atoms with van der Waals surface area (Å²) in [6, 6.07) is 7.61. The summed E-state index contributed by atoms with van der Waals surface area (Å²) in [4.78, 5) is 28.2. The highest BCUT2D eigenvalue weighted by molar-refractivity contribution is 6.30. The molecule has 1 atom stereocenters. The molecule has 1 aliphatic carbocycles. The molecular weight excluding hydrogens is 350 g/mol. The molecule has 2 aromatic rings. The Balaban J connectivity index is 1.78. The number of ketones is 1. The molecule has 1 aromatic carbocycles. The molecule has 0 spiro atoms. The van der Waals surface area contributed by atoms with Crippen LogP contribution in [0.5, 0.6) is 0 Å². The van der Waals surface area contributed by atoms with Gasteiger partial charge in [0.15, 0.2) is 5.78 Å². The molecule has 1 aromatic heterocycles. The lowest BCUT2D eigenvalue weighted by molar-refractivity contribution is 0.0491. The van der Waals surface area contributed by atoms with Gasteiger partial charge in [0.1, 0.15) is 5.69 Å². The molecule has 1 N–H and O–H groups in total. The van der Waals surface area contributed by atoms with Crippen LogP contribution in [0.3, 0.4) is 0 Å². The van der Waals surface area contributed by atoms with Crippen LogP contribution in [0.2, 0.25) is 5.02 Å². The summed E-state index contributed by atoms with van der Waals surface area (Å²) in [5, 5.41) is 0.681. The van der Waals surface area contributed by atoms with Crippen LogP contribution < -0.4 is 0 Å². The van der Waals surface area contributed by atoms with Crippen molar-refractivity contribution in [2.45, 2.75) is 51.9 Å². The van der Waals surface area contributed by atoms with Crippen molar-refractivity contribution in [3.63, 3.8) is 0 Å². The zero-order valence-electron chi connectivity index (χ0n) is 15.2. The molecular formula is C21H24ClNO3. The third-order valence-electron chi connectivity index (χ3n) is 5.02. The summed E-state index contributed by atoms with van der Waals surface area (Å²) in [5.41, 5.74) is 3.70. The highest BCUT2D eigenvalue weighted by Gasteiger charge is 2.32. The standard InChI is InChI=1S/C21H24ClNO3/c1-3-4-5-10-26-21(25)20-13(2)19-17(23-20)11-15(12-18(19)24)14-6-8-16(22)9-7-14/h6-9,15,23H,3-5,10-12H2,1-2H3/t15-/m0/s1. The molecule has 138 valence electrons. The molecule has 4 nitrogen and oxygen atoms in total. The van der Waals surface area contributed by atoms with Gasteiger partial charge in [0.2, 0.25) is 0 Å². The van der Waals surface area contributed by atoms with Gasteiger partial charge in [-0.05, 0) is 48.9 Å². The Kier molecular flexibility index (Phi) is 5.82. The molecule has 1 aliphatic rings. The van der Waals surface area contributed by atoms with Crippen molar-refractivity contribution < 1.29 is 14.3 Å². The van der Waals surface area contributed by atoms with Crippen LogP contribution in [0.1, 0.15) is 76.2 Å². The summed E-state index contributed by atoms with van der Waals surface area (Å²) in [7, 11) is 0. The monoisotopic (exact) mass is 373 g/mol. The Bertz CT molecular complexity index is 807. The molecule has 1 heterocycles. The number of unbranched alkanes of at least 4 members (excludes halogenated alkanes) is 2. The van der Waals surface area contributed by atoms with Crippen LogP contribution in [0.15, 0.2) is 24.3 Å². The van der Waals surface area contributed by atoms with Crippen molar-refractivity contribution in [1.29, 1.82) is 0 Å². The first kappa shape index (κ1) is 18.7. The molecule has 26 heavy (non-hydrogen) atoms. The van der Waals surface area contributed by atoms with Gasteiger partial charge in [-0.2, -0.15) is 0 Å². The molecule has 0 aliphatic heterocycles. The lowest BCUT2D eigenvalue weighted by Crippen LogP contribution is -2.18. The Hall–Kier alpha value is -2.07. The number of aromatic amines is 1. The van der Waals surface area contributed by atoms with Gasteiger partial charge in [0.05, 0.1) is 6.61 Å². The number of ether oxygens (including phenoxy) is 1. The van der Waals surface area contributed by atoms with E-state index in [-0.39, 0.29) is 17.7 Å². The quantitative estimate of drug-likeness (QED) is 0.556. The minimum Gasteiger partial charge on any atom is -0.461 e. The fraction of sp³-hybridized carbons (Fsp3) is 0.429. The van der Waals surface area contributed by atoms with E-state index < -0.39 is 0 Å². The van der Waals surface area contributed by atoms with Crippen molar-refractivity contribution in [3.05, 3.63) is 57.4 Å². The van der Waals surface area contributed by atoms with Gasteiger partial charge in [-0.1, -0.05) is 43.5 Å². The fourth-order valence-corrected chi connectivity index (χ4v) is 3.72. The van der Waals surface area contributed by atoms with E-state index in [0.29, 0.717) is 41.3 Å². The maximum absolute atomic E-state index is 12.7. The first-order valence-corrected chi connectivity index (χ1v) is 9.56. The second-order valence-corrected chi connectivity index (χ2v) is 7.34. The van der Waals surface area contributed by atoms with Crippen molar-refractivity contribution in [1.82, 2.24) is 4.98 Å². The van der Waals surface area contributed by atoms with Gasteiger partial charge in [-0.25, -0.2) is 4.79 Å². The second kappa shape index (κ2) is 8.09. The van der Waals surface area contributed by atoms with Crippen molar-refractivity contribution in [2.75, 3.05) is 6.61 Å². The highest BCUT2D eigenvalue weighted by atomic mass is 35.5. The first-order valence-electron chi connectivity index (χ1n) is 9.18. The number of fused-ring (bicyclic) bond motifs is 1. The molecule has 5 heteroatoms. The minimum absolute atomic E-state index is 0.0741. The number of esters is 1. The Morgan fingerprint density at radius 3 is 2.65 bits per heavy atom. The molecule has 0 unspecified atom stereocenters. The van der Waals surface area contributed by atoms with E-state index in [9.17, 15) is 9.59 Å². The topological polar surface area (TPSA) is 59.2 Å². The maximum Gasteiger partial charge on any atom is 0.355 e. The van der Waals surface area contributed by atoms with Crippen molar-refractivity contribution >= 4 is 23.4 Å². The van der Waals surface area contributed by atoms with E-state index in [1.165, 1.54) is 0 Å². The van der Waals surface area contributed by atoms with Crippen LogP contribution in [-0.4, -0.2) is 23.3 Å². The Morgan fingerprint density at radius 1 is 1.23 bits per heavy atom. The van der Waals surface area contributed by atoms with Crippen LogP contribution in [0, 0.1) is 6.92 Å². The van der Waals surface area contributed by atoms with Crippen molar-refractivity contribution in [2.24, 2.45) is 0 Å². The normalized spacial score (nSPS) is 16.4. The first-order chi connectivity index (χ1) is 12.5. The molecule has 0 bridgehead atoms. The number of aromatic nitrogens is 1. The van der Waals surface area contributed by atoms with Crippen LogP contribution in [0.25, 0.3) is 0 Å². The Morgan fingerprint density at radius 2 is 1.96 bits per heavy atom. The average molecular weight is 374 g/mol. The van der Waals surface area contributed by atoms with E-state index in [1.807, 2.05) is 31.2 Å². The molecule has 0 saturated heterocycles. The Labute approximate surface area is 158 Å². The van der Waals surface area contributed by atoms with Gasteiger partial charge in [0.25, 0.3) is 0 Å². The molecule has 0 saturated carbocycles. The third kappa shape index (κ3) is 3.85. The number of hydrogen-bond acceptors (Lipinski definition) is 3. The summed E-state index contributed by atoms with van der Waals surface area (Å²) in [6.45, 7) is 4.34. The number of rotatable bonds is 6. The molecule has 0 amide bonds. The van der Waals surface area contributed by atoms with Crippen LogP contribution in [0.4, 0.5) is 0 Å². The highest BCUT2D eigenvalue weighted by Crippen LogP contribution is 2.35. The molecule has 0 radical (unpaired) electrons. The van der Waals surface area contributed by atoms with E-state index >= 15 is 0 Å².